The van der Waals surface area contributed by atoms with Gasteiger partial charge in [0.25, 0.3) is 10.0 Å². The average molecular weight is 425 g/mol. The van der Waals surface area contributed by atoms with Crippen molar-refractivity contribution in [3.8, 4) is 11.5 Å². The standard InChI is InChI=1S/C22H19NO6S/c24-22(29-15-16-4-2-1-3-5-16)17-6-8-18(9-7-17)23-30(25,26)19-10-11-20-21(14-19)28-13-12-27-20/h1-11,14,23H,12-13,15H2. The first-order valence-electron chi connectivity index (χ1n) is 9.25. The van der Waals surface area contributed by atoms with E-state index in [1.807, 2.05) is 30.3 Å². The normalized spacial score (nSPS) is 12.8. The van der Waals surface area contributed by atoms with Gasteiger partial charge in [0, 0.05) is 11.8 Å². The molecule has 0 spiro atoms. The Labute approximate surface area is 174 Å². The first-order valence-corrected chi connectivity index (χ1v) is 10.7. The lowest BCUT2D eigenvalue weighted by Crippen LogP contribution is -2.17. The third-order valence-electron chi connectivity index (χ3n) is 4.41. The summed E-state index contributed by atoms with van der Waals surface area (Å²) < 4.78 is 43.9. The van der Waals surface area contributed by atoms with Crippen molar-refractivity contribution in [2.45, 2.75) is 11.5 Å². The van der Waals surface area contributed by atoms with Crippen molar-refractivity contribution in [3.05, 3.63) is 83.9 Å². The van der Waals surface area contributed by atoms with E-state index in [-0.39, 0.29) is 11.5 Å². The molecule has 4 rings (SSSR count). The van der Waals surface area contributed by atoms with Crippen molar-refractivity contribution in [3.63, 3.8) is 0 Å². The van der Waals surface area contributed by atoms with E-state index >= 15 is 0 Å². The summed E-state index contributed by atoms with van der Waals surface area (Å²) in [4.78, 5) is 12.2. The number of nitrogens with one attached hydrogen (secondary N) is 1. The number of fused-ring (bicyclic) bond motifs is 1. The molecule has 0 saturated carbocycles. The number of ether oxygens (including phenoxy) is 3. The van der Waals surface area contributed by atoms with E-state index in [9.17, 15) is 13.2 Å². The smallest absolute Gasteiger partial charge is 0.338 e. The Kier molecular flexibility index (Phi) is 5.58. The largest absolute Gasteiger partial charge is 0.486 e. The minimum Gasteiger partial charge on any atom is -0.486 e. The molecular weight excluding hydrogens is 406 g/mol. The van der Waals surface area contributed by atoms with Gasteiger partial charge >= 0.3 is 5.97 Å². The SMILES string of the molecule is O=C(OCc1ccccc1)c1ccc(NS(=O)(=O)c2ccc3c(c2)OCCO3)cc1. The van der Waals surface area contributed by atoms with Crippen LogP contribution in [0.3, 0.4) is 0 Å². The molecule has 0 aromatic heterocycles. The molecule has 1 aliphatic rings. The fraction of sp³-hybridized carbons (Fsp3) is 0.136. The number of anilines is 1. The molecule has 0 atom stereocenters. The molecule has 3 aromatic rings. The van der Waals surface area contributed by atoms with Gasteiger partial charge in [0.15, 0.2) is 11.5 Å². The molecule has 0 radical (unpaired) electrons. The fourth-order valence-corrected chi connectivity index (χ4v) is 3.96. The number of hydrogen-bond donors (Lipinski definition) is 1. The summed E-state index contributed by atoms with van der Waals surface area (Å²) in [6.45, 7) is 0.960. The van der Waals surface area contributed by atoms with E-state index < -0.39 is 16.0 Å². The minimum atomic E-state index is -3.83. The molecule has 7 nitrogen and oxygen atoms in total. The molecule has 3 aromatic carbocycles. The lowest BCUT2D eigenvalue weighted by Gasteiger charge is -2.19. The summed E-state index contributed by atoms with van der Waals surface area (Å²) in [5.74, 6) is 0.416. The number of rotatable bonds is 6. The van der Waals surface area contributed by atoms with Gasteiger partial charge in [-0.05, 0) is 42.0 Å². The quantitative estimate of drug-likeness (QED) is 0.607. The van der Waals surface area contributed by atoms with Crippen LogP contribution in [0.25, 0.3) is 0 Å². The molecule has 8 heteroatoms. The lowest BCUT2D eigenvalue weighted by atomic mass is 10.2. The van der Waals surface area contributed by atoms with E-state index in [4.69, 9.17) is 14.2 Å². The molecule has 1 heterocycles. The van der Waals surface area contributed by atoms with E-state index in [2.05, 4.69) is 4.72 Å². The second-order valence-corrected chi connectivity index (χ2v) is 8.23. The highest BCUT2D eigenvalue weighted by Gasteiger charge is 2.19. The van der Waals surface area contributed by atoms with Crippen LogP contribution in [0, 0.1) is 0 Å². The second kappa shape index (κ2) is 8.46. The highest BCUT2D eigenvalue weighted by molar-refractivity contribution is 7.92. The van der Waals surface area contributed by atoms with Gasteiger partial charge in [0.1, 0.15) is 19.8 Å². The Bertz CT molecular complexity index is 1140. The molecular formula is C22H19NO6S. The van der Waals surface area contributed by atoms with Gasteiger partial charge in [-0.15, -0.1) is 0 Å². The maximum absolute atomic E-state index is 12.7. The van der Waals surface area contributed by atoms with Gasteiger partial charge in [0.2, 0.25) is 0 Å². The summed E-state index contributed by atoms with van der Waals surface area (Å²) >= 11 is 0. The van der Waals surface area contributed by atoms with Crippen LogP contribution in [0.5, 0.6) is 11.5 Å². The lowest BCUT2D eigenvalue weighted by molar-refractivity contribution is 0.0472. The van der Waals surface area contributed by atoms with Crippen LogP contribution in [-0.4, -0.2) is 27.6 Å². The Morgan fingerprint density at radius 3 is 2.33 bits per heavy atom. The van der Waals surface area contributed by atoms with Crippen molar-refractivity contribution >= 4 is 21.7 Å². The minimum absolute atomic E-state index is 0.0538. The van der Waals surface area contributed by atoms with Crippen LogP contribution in [0.4, 0.5) is 5.69 Å². The van der Waals surface area contributed by atoms with Crippen LogP contribution >= 0.6 is 0 Å². The maximum atomic E-state index is 12.7. The van der Waals surface area contributed by atoms with Crippen LogP contribution in [0.2, 0.25) is 0 Å². The van der Waals surface area contributed by atoms with Gasteiger partial charge in [-0.2, -0.15) is 0 Å². The zero-order valence-corrected chi connectivity index (χ0v) is 16.7. The topological polar surface area (TPSA) is 90.9 Å². The van der Waals surface area contributed by atoms with Gasteiger partial charge < -0.3 is 14.2 Å². The van der Waals surface area contributed by atoms with Crippen molar-refractivity contribution in [2.75, 3.05) is 17.9 Å². The molecule has 0 saturated heterocycles. The van der Waals surface area contributed by atoms with Crippen molar-refractivity contribution in [2.24, 2.45) is 0 Å². The maximum Gasteiger partial charge on any atom is 0.338 e. The Morgan fingerprint density at radius 1 is 0.900 bits per heavy atom. The predicted molar refractivity (Wildman–Crippen MR) is 110 cm³/mol. The summed E-state index contributed by atoms with van der Waals surface area (Å²) in [6, 6.07) is 19.8. The number of carbonyl (C=O) groups excluding carboxylic acids is 1. The van der Waals surface area contributed by atoms with Crippen LogP contribution in [0.1, 0.15) is 15.9 Å². The summed E-state index contributed by atoms with van der Waals surface area (Å²) in [7, 11) is -3.83. The van der Waals surface area contributed by atoms with Crippen molar-refractivity contribution in [1.82, 2.24) is 0 Å². The second-order valence-electron chi connectivity index (χ2n) is 6.55. The number of esters is 1. The predicted octanol–water partition coefficient (Wildman–Crippen LogP) is 3.62. The number of benzene rings is 3. The molecule has 0 aliphatic carbocycles. The Hall–Kier alpha value is -3.52. The third-order valence-corrected chi connectivity index (χ3v) is 5.79. The van der Waals surface area contributed by atoms with Crippen molar-refractivity contribution in [1.29, 1.82) is 0 Å². The van der Waals surface area contributed by atoms with E-state index in [0.717, 1.165) is 5.56 Å². The Morgan fingerprint density at radius 2 is 1.60 bits per heavy atom. The van der Waals surface area contributed by atoms with E-state index in [0.29, 0.717) is 36.0 Å². The molecule has 30 heavy (non-hydrogen) atoms. The molecule has 1 aliphatic heterocycles. The monoisotopic (exact) mass is 425 g/mol. The molecule has 0 bridgehead atoms. The molecule has 154 valence electrons. The highest BCUT2D eigenvalue weighted by atomic mass is 32.2. The Balaban J connectivity index is 1.42. The van der Waals surface area contributed by atoms with Gasteiger partial charge in [0.05, 0.1) is 10.5 Å². The molecule has 1 N–H and O–H groups in total. The average Bonchev–Trinajstić information content (AvgIpc) is 2.78. The third kappa shape index (κ3) is 4.55. The first-order chi connectivity index (χ1) is 14.5. The van der Waals surface area contributed by atoms with Crippen LogP contribution < -0.4 is 14.2 Å². The fourth-order valence-electron chi connectivity index (χ4n) is 2.89. The number of sulfonamides is 1. The van der Waals surface area contributed by atoms with Crippen molar-refractivity contribution < 1.29 is 27.4 Å². The summed E-state index contributed by atoms with van der Waals surface area (Å²) in [5, 5.41) is 0. The number of hydrogen-bond acceptors (Lipinski definition) is 6. The van der Waals surface area contributed by atoms with Gasteiger partial charge in [-0.1, -0.05) is 30.3 Å². The summed E-state index contributed by atoms with van der Waals surface area (Å²) in [5.41, 5.74) is 1.53. The molecule has 0 amide bonds. The highest BCUT2D eigenvalue weighted by Crippen LogP contribution is 2.32. The first kappa shape index (κ1) is 19.8. The van der Waals surface area contributed by atoms with E-state index in [1.54, 1.807) is 6.07 Å². The van der Waals surface area contributed by atoms with Gasteiger partial charge in [-0.25, -0.2) is 13.2 Å². The zero-order valence-electron chi connectivity index (χ0n) is 15.9. The summed E-state index contributed by atoms with van der Waals surface area (Å²) in [6.07, 6.45) is 0. The van der Waals surface area contributed by atoms with Crippen LogP contribution in [-0.2, 0) is 21.4 Å². The molecule has 0 fully saturated rings. The number of carbonyl (C=O) groups is 1. The zero-order chi connectivity index (χ0) is 21.0. The van der Waals surface area contributed by atoms with E-state index in [1.165, 1.54) is 36.4 Å². The van der Waals surface area contributed by atoms with Gasteiger partial charge in [-0.3, -0.25) is 4.72 Å². The van der Waals surface area contributed by atoms with Crippen LogP contribution in [0.15, 0.2) is 77.7 Å². The molecule has 0 unspecified atom stereocenters.